The molecule has 0 saturated carbocycles. The fourth-order valence-corrected chi connectivity index (χ4v) is 2.38. The summed E-state index contributed by atoms with van der Waals surface area (Å²) in [6.07, 6.45) is 0. The fourth-order valence-electron chi connectivity index (χ4n) is 1.84. The molecule has 84 valence electrons. The van der Waals surface area contributed by atoms with Crippen LogP contribution < -0.4 is 0 Å². The fraction of sp³-hybridized carbons (Fsp3) is 0. The van der Waals surface area contributed by atoms with Gasteiger partial charge in [0.1, 0.15) is 11.4 Å². The Bertz CT molecular complexity index is 688. The van der Waals surface area contributed by atoms with Crippen molar-refractivity contribution in [3.05, 3.63) is 45.3 Å². The minimum Gasteiger partial charge on any atom is -0.347 e. The highest BCUT2D eigenvalue weighted by Crippen LogP contribution is 2.35. The Morgan fingerprint density at radius 2 is 2.18 bits per heavy atom. The van der Waals surface area contributed by atoms with Gasteiger partial charge in [0.2, 0.25) is 0 Å². The Morgan fingerprint density at radius 3 is 2.88 bits per heavy atom. The van der Waals surface area contributed by atoms with Crippen LogP contribution in [0.1, 0.15) is 0 Å². The molecule has 6 heteroatoms. The number of fused-ring (bicyclic) bond motifs is 1. The summed E-state index contributed by atoms with van der Waals surface area (Å²) in [7, 11) is 0. The monoisotopic (exact) mass is 245 g/mol. The molecule has 0 bridgehead atoms. The van der Waals surface area contributed by atoms with Crippen molar-refractivity contribution in [3.63, 3.8) is 0 Å². The summed E-state index contributed by atoms with van der Waals surface area (Å²) < 4.78 is 0. The molecule has 0 saturated heterocycles. The molecule has 0 unspecified atom stereocenters. The van der Waals surface area contributed by atoms with Crippen LogP contribution in [0.3, 0.4) is 0 Å². The molecule has 17 heavy (non-hydrogen) atoms. The van der Waals surface area contributed by atoms with Crippen LogP contribution in [0.25, 0.3) is 22.3 Å². The van der Waals surface area contributed by atoms with Crippen molar-refractivity contribution in [2.24, 2.45) is 0 Å². The molecule has 0 spiro atoms. The molecule has 0 atom stereocenters. The molecular formula is C11H7N3O2S. The predicted molar refractivity (Wildman–Crippen MR) is 66.1 cm³/mol. The van der Waals surface area contributed by atoms with E-state index in [2.05, 4.69) is 9.97 Å². The molecule has 0 aliphatic carbocycles. The Hall–Kier alpha value is -2.21. The predicted octanol–water partition coefficient (Wildman–Crippen LogP) is 3.20. The van der Waals surface area contributed by atoms with Crippen LogP contribution in [-0.2, 0) is 0 Å². The van der Waals surface area contributed by atoms with Gasteiger partial charge in [-0.1, -0.05) is 12.1 Å². The molecular weight excluding hydrogens is 238 g/mol. The van der Waals surface area contributed by atoms with Gasteiger partial charge < -0.3 is 4.98 Å². The summed E-state index contributed by atoms with van der Waals surface area (Å²) in [5.41, 5.74) is 3.58. The number of nitrogens with one attached hydrogen (secondary N) is 1. The molecule has 1 N–H and O–H groups in total. The zero-order chi connectivity index (χ0) is 11.8. The number of aromatic amines is 1. The first-order valence-corrected chi connectivity index (χ1v) is 5.85. The highest BCUT2D eigenvalue weighted by atomic mass is 32.1. The van der Waals surface area contributed by atoms with E-state index in [1.54, 1.807) is 23.0 Å². The van der Waals surface area contributed by atoms with E-state index in [1.807, 2.05) is 12.1 Å². The number of rotatable bonds is 2. The summed E-state index contributed by atoms with van der Waals surface area (Å²) in [6, 6.07) is 7.18. The molecule has 0 aliphatic rings. The van der Waals surface area contributed by atoms with E-state index in [4.69, 9.17) is 0 Å². The van der Waals surface area contributed by atoms with Gasteiger partial charge in [-0.3, -0.25) is 10.1 Å². The van der Waals surface area contributed by atoms with Crippen LogP contribution in [0.4, 0.5) is 5.69 Å². The lowest BCUT2D eigenvalue weighted by Gasteiger charge is -1.92. The molecule has 2 heterocycles. The zero-order valence-electron chi connectivity index (χ0n) is 8.58. The maximum absolute atomic E-state index is 11.2. The third kappa shape index (κ3) is 1.50. The number of benzene rings is 1. The molecule has 5 nitrogen and oxygen atoms in total. The van der Waals surface area contributed by atoms with Crippen molar-refractivity contribution >= 4 is 27.9 Å². The Morgan fingerprint density at radius 1 is 1.35 bits per heavy atom. The van der Waals surface area contributed by atoms with Crippen LogP contribution >= 0.6 is 11.3 Å². The quantitative estimate of drug-likeness (QED) is 0.556. The SMILES string of the molecule is O=[N+]([O-])c1c(-c2cscn2)[nH]c2ccccc12. The first-order chi connectivity index (χ1) is 8.27. The average Bonchev–Trinajstić information content (AvgIpc) is 2.95. The molecule has 1 aromatic carbocycles. The lowest BCUT2D eigenvalue weighted by atomic mass is 10.2. The average molecular weight is 245 g/mol. The van der Waals surface area contributed by atoms with E-state index >= 15 is 0 Å². The maximum atomic E-state index is 11.2. The molecule has 0 radical (unpaired) electrons. The zero-order valence-corrected chi connectivity index (χ0v) is 9.40. The topological polar surface area (TPSA) is 71.8 Å². The van der Waals surface area contributed by atoms with Crippen molar-refractivity contribution < 1.29 is 4.92 Å². The van der Waals surface area contributed by atoms with Gasteiger partial charge in [-0.2, -0.15) is 0 Å². The van der Waals surface area contributed by atoms with Gasteiger partial charge >= 0.3 is 5.69 Å². The van der Waals surface area contributed by atoms with Crippen LogP contribution in [0, 0.1) is 10.1 Å². The largest absolute Gasteiger partial charge is 0.347 e. The Labute approximate surface area is 99.9 Å². The minimum atomic E-state index is -0.368. The van der Waals surface area contributed by atoms with E-state index in [-0.39, 0.29) is 10.6 Å². The van der Waals surface area contributed by atoms with Crippen molar-refractivity contribution in [2.45, 2.75) is 0 Å². The number of para-hydroxylation sites is 1. The molecule has 0 amide bonds. The molecule has 3 rings (SSSR count). The molecule has 2 aromatic heterocycles. The highest BCUT2D eigenvalue weighted by Gasteiger charge is 2.23. The summed E-state index contributed by atoms with van der Waals surface area (Å²) in [5, 5.41) is 13.6. The summed E-state index contributed by atoms with van der Waals surface area (Å²) in [6.45, 7) is 0. The van der Waals surface area contributed by atoms with Gasteiger partial charge in [0.15, 0.2) is 0 Å². The second kappa shape index (κ2) is 3.67. The van der Waals surface area contributed by atoms with Crippen molar-refractivity contribution in [1.29, 1.82) is 0 Å². The summed E-state index contributed by atoms with van der Waals surface area (Å²) >= 11 is 1.41. The van der Waals surface area contributed by atoms with Gasteiger partial charge in [0.25, 0.3) is 0 Å². The molecule has 0 aliphatic heterocycles. The molecule has 3 aromatic rings. The Kier molecular flexibility index (Phi) is 2.15. The van der Waals surface area contributed by atoms with Gasteiger partial charge in [0, 0.05) is 5.38 Å². The van der Waals surface area contributed by atoms with E-state index < -0.39 is 0 Å². The standard InChI is InChI=1S/C11H7N3O2S/c15-14(16)11-7-3-1-2-4-8(7)13-10(11)9-5-17-6-12-9/h1-6,13H. The lowest BCUT2D eigenvalue weighted by Crippen LogP contribution is -1.89. The second-order valence-electron chi connectivity index (χ2n) is 3.52. The van der Waals surface area contributed by atoms with E-state index in [1.165, 1.54) is 11.3 Å². The van der Waals surface area contributed by atoms with Crippen LogP contribution in [0.15, 0.2) is 35.2 Å². The number of thiazole rings is 1. The second-order valence-corrected chi connectivity index (χ2v) is 4.24. The first kappa shape index (κ1) is 9.98. The first-order valence-electron chi connectivity index (χ1n) is 4.91. The van der Waals surface area contributed by atoms with E-state index in [9.17, 15) is 10.1 Å². The Balaban J connectivity index is 2.38. The number of aromatic nitrogens is 2. The summed E-state index contributed by atoms with van der Waals surface area (Å²) in [5.74, 6) is 0. The van der Waals surface area contributed by atoms with Gasteiger partial charge in [-0.05, 0) is 12.1 Å². The number of H-pyrrole nitrogens is 1. The summed E-state index contributed by atoms with van der Waals surface area (Å²) in [4.78, 5) is 17.9. The number of nitro groups is 1. The van der Waals surface area contributed by atoms with Crippen LogP contribution in [0.2, 0.25) is 0 Å². The van der Waals surface area contributed by atoms with E-state index in [0.717, 1.165) is 5.52 Å². The van der Waals surface area contributed by atoms with Crippen molar-refractivity contribution in [3.8, 4) is 11.4 Å². The van der Waals surface area contributed by atoms with Crippen molar-refractivity contribution in [1.82, 2.24) is 9.97 Å². The maximum Gasteiger partial charge on any atom is 0.304 e. The smallest absolute Gasteiger partial charge is 0.304 e. The van der Waals surface area contributed by atoms with E-state index in [0.29, 0.717) is 16.8 Å². The highest BCUT2D eigenvalue weighted by molar-refractivity contribution is 7.07. The number of hydrogen-bond donors (Lipinski definition) is 1. The molecule has 0 fully saturated rings. The van der Waals surface area contributed by atoms with Gasteiger partial charge in [-0.25, -0.2) is 4.98 Å². The third-order valence-electron chi connectivity index (χ3n) is 2.55. The normalized spacial score (nSPS) is 10.8. The van der Waals surface area contributed by atoms with Gasteiger partial charge in [0.05, 0.1) is 21.3 Å². The third-order valence-corrected chi connectivity index (χ3v) is 3.14. The number of hydrogen-bond acceptors (Lipinski definition) is 4. The van der Waals surface area contributed by atoms with Gasteiger partial charge in [-0.15, -0.1) is 11.3 Å². The lowest BCUT2D eigenvalue weighted by molar-refractivity contribution is -0.382. The number of nitrogens with zero attached hydrogens (tertiary/aromatic N) is 2. The van der Waals surface area contributed by atoms with Crippen molar-refractivity contribution in [2.75, 3.05) is 0 Å². The minimum absolute atomic E-state index is 0.0894. The van der Waals surface area contributed by atoms with Crippen LogP contribution in [0.5, 0.6) is 0 Å². The van der Waals surface area contributed by atoms with Crippen LogP contribution in [-0.4, -0.2) is 14.9 Å².